The van der Waals surface area contributed by atoms with Crippen molar-refractivity contribution in [1.29, 1.82) is 0 Å². The molecule has 0 fully saturated rings. The van der Waals surface area contributed by atoms with Crippen LogP contribution in [0.5, 0.6) is 0 Å². The third kappa shape index (κ3) is 6.89. The molecule has 0 saturated heterocycles. The van der Waals surface area contributed by atoms with Crippen LogP contribution in [0.1, 0.15) is 11.1 Å². The predicted molar refractivity (Wildman–Crippen MR) is 91.9 cm³/mol. The first kappa shape index (κ1) is 28.8. The summed E-state index contributed by atoms with van der Waals surface area (Å²) in [6, 6.07) is 9.01. The molecule has 0 heterocycles. The summed E-state index contributed by atoms with van der Waals surface area (Å²) in [6.07, 6.45) is 2.23. The van der Waals surface area contributed by atoms with Crippen LogP contribution in [0, 0.1) is 0 Å². The summed E-state index contributed by atoms with van der Waals surface area (Å²) in [7, 11) is -10.1. The van der Waals surface area contributed by atoms with Crippen LogP contribution in [-0.4, -0.2) is 38.1 Å². The van der Waals surface area contributed by atoms with E-state index in [2.05, 4.69) is 9.98 Å². The zero-order chi connectivity index (χ0) is 20.9. The van der Waals surface area contributed by atoms with E-state index in [1.54, 1.807) is 0 Å². The molecular formula is C16H8N2Na2O8S2. The van der Waals surface area contributed by atoms with Crippen molar-refractivity contribution in [2.75, 3.05) is 0 Å². The Morgan fingerprint density at radius 2 is 0.967 bits per heavy atom. The molecule has 0 unspecified atom stereocenters. The Kier molecular flexibility index (Phi) is 11.5. The normalized spacial score (nSPS) is 11.5. The van der Waals surface area contributed by atoms with Crippen molar-refractivity contribution in [1.82, 2.24) is 0 Å². The van der Waals surface area contributed by atoms with Crippen LogP contribution < -0.4 is 59.1 Å². The van der Waals surface area contributed by atoms with E-state index in [1.807, 2.05) is 0 Å². The number of hydrogen-bond donors (Lipinski definition) is 0. The van der Waals surface area contributed by atoms with Crippen LogP contribution in [0.25, 0.3) is 11.4 Å². The van der Waals surface area contributed by atoms with Gasteiger partial charge in [-0.25, -0.2) is 26.4 Å². The Morgan fingerprint density at radius 1 is 0.667 bits per heavy atom. The van der Waals surface area contributed by atoms with Gasteiger partial charge in [0.2, 0.25) is 12.2 Å². The van der Waals surface area contributed by atoms with Crippen molar-refractivity contribution in [2.24, 2.45) is 9.98 Å². The van der Waals surface area contributed by atoms with Crippen molar-refractivity contribution in [3.8, 4) is 0 Å². The van der Waals surface area contributed by atoms with Crippen LogP contribution in [-0.2, 0) is 29.8 Å². The molecule has 0 spiro atoms. The number of hydrogen-bond acceptors (Lipinski definition) is 10. The number of aliphatic imine (C=N–C) groups is 2. The number of rotatable bonds is 6. The van der Waals surface area contributed by atoms with Gasteiger partial charge in [-0.2, -0.15) is 9.98 Å². The first-order chi connectivity index (χ1) is 13.1. The predicted octanol–water partition coefficient (Wildman–Crippen LogP) is -5.00. The van der Waals surface area contributed by atoms with E-state index >= 15 is 0 Å². The monoisotopic (exact) mass is 466 g/mol. The fourth-order valence-corrected chi connectivity index (χ4v) is 3.69. The van der Waals surface area contributed by atoms with Crippen molar-refractivity contribution >= 4 is 43.8 Å². The fraction of sp³-hybridized carbons (Fsp3) is 0. The number of benzene rings is 2. The summed E-state index contributed by atoms with van der Waals surface area (Å²) in [5, 5.41) is 0. The second-order valence-electron chi connectivity index (χ2n) is 5.00. The molecule has 0 radical (unpaired) electrons. The van der Waals surface area contributed by atoms with Gasteiger partial charge >= 0.3 is 59.1 Å². The SMILES string of the molecule is O=C=NC(=C(N=C=O)c1ccccc1S(=O)(=O)[O-])c1ccccc1S(=O)(=O)[O-].[Na+].[Na+]. The number of nitrogens with zero attached hydrogens (tertiary/aromatic N) is 2. The van der Waals surface area contributed by atoms with Crippen molar-refractivity contribution < 1.29 is 94.6 Å². The van der Waals surface area contributed by atoms with Crippen LogP contribution in [0.15, 0.2) is 68.3 Å². The topological polar surface area (TPSA) is 173 Å². The van der Waals surface area contributed by atoms with Gasteiger partial charge < -0.3 is 9.11 Å². The van der Waals surface area contributed by atoms with Crippen molar-refractivity contribution in [2.45, 2.75) is 9.79 Å². The first-order valence-electron chi connectivity index (χ1n) is 7.12. The van der Waals surface area contributed by atoms with Crippen molar-refractivity contribution in [3.63, 3.8) is 0 Å². The third-order valence-electron chi connectivity index (χ3n) is 3.36. The minimum atomic E-state index is -5.06. The zero-order valence-electron chi connectivity index (χ0n) is 15.6. The van der Waals surface area contributed by atoms with E-state index in [1.165, 1.54) is 24.3 Å². The Hall–Kier alpha value is -1.24. The average Bonchev–Trinajstić information content (AvgIpc) is 2.63. The molecule has 0 amide bonds. The second kappa shape index (κ2) is 12.0. The largest absolute Gasteiger partial charge is 1.00 e. The van der Waals surface area contributed by atoms with E-state index in [0.717, 1.165) is 36.4 Å². The van der Waals surface area contributed by atoms with Gasteiger partial charge in [-0.05, 0) is 12.1 Å². The van der Waals surface area contributed by atoms with Gasteiger partial charge in [-0.15, -0.1) is 0 Å². The minimum absolute atomic E-state index is 0. The van der Waals surface area contributed by atoms with Gasteiger partial charge in [0.25, 0.3) is 0 Å². The molecular weight excluding hydrogens is 458 g/mol. The molecule has 2 aromatic carbocycles. The Balaban J connectivity index is 0.00000420. The number of carbonyl (C=O) groups excluding carboxylic acids is 2. The van der Waals surface area contributed by atoms with Gasteiger partial charge in [0.15, 0.2) is 0 Å². The summed E-state index contributed by atoms with van der Waals surface area (Å²) >= 11 is 0. The molecule has 0 aromatic heterocycles. The smallest absolute Gasteiger partial charge is 0.744 e. The van der Waals surface area contributed by atoms with Crippen LogP contribution in [0.2, 0.25) is 0 Å². The Morgan fingerprint density at radius 3 is 1.23 bits per heavy atom. The van der Waals surface area contributed by atoms with E-state index in [4.69, 9.17) is 0 Å². The third-order valence-corrected chi connectivity index (χ3v) is 5.15. The molecule has 0 aliphatic carbocycles. The maximum atomic E-state index is 11.5. The van der Waals surface area contributed by atoms with Gasteiger partial charge in [0.1, 0.15) is 31.6 Å². The summed E-state index contributed by atoms with van der Waals surface area (Å²) < 4.78 is 69.2. The molecule has 10 nitrogen and oxygen atoms in total. The van der Waals surface area contributed by atoms with Crippen LogP contribution in [0.4, 0.5) is 0 Å². The molecule has 30 heavy (non-hydrogen) atoms. The summed E-state index contributed by atoms with van der Waals surface area (Å²) in [5.41, 5.74) is -2.23. The average molecular weight is 466 g/mol. The maximum Gasteiger partial charge on any atom is 1.00 e. The molecule has 2 rings (SSSR count). The quantitative estimate of drug-likeness (QED) is 0.134. The molecule has 0 bridgehead atoms. The van der Waals surface area contributed by atoms with Gasteiger partial charge in [0, 0.05) is 11.1 Å². The maximum absolute atomic E-state index is 11.5. The van der Waals surface area contributed by atoms with E-state index in [9.17, 15) is 35.5 Å². The zero-order valence-corrected chi connectivity index (χ0v) is 21.2. The van der Waals surface area contributed by atoms with E-state index < -0.39 is 52.5 Å². The first-order valence-corrected chi connectivity index (χ1v) is 9.93. The molecule has 0 aliphatic heterocycles. The van der Waals surface area contributed by atoms with E-state index in [0.29, 0.717) is 0 Å². The van der Waals surface area contributed by atoms with Crippen molar-refractivity contribution in [3.05, 3.63) is 59.7 Å². The van der Waals surface area contributed by atoms with Crippen LogP contribution in [0.3, 0.4) is 0 Å². The molecule has 0 saturated carbocycles. The van der Waals surface area contributed by atoms with Gasteiger partial charge in [0.05, 0.1) is 9.79 Å². The number of isocyanates is 2. The minimum Gasteiger partial charge on any atom is -0.744 e. The molecule has 0 atom stereocenters. The molecule has 0 N–H and O–H groups in total. The Bertz CT molecular complexity index is 1180. The van der Waals surface area contributed by atoms with E-state index in [-0.39, 0.29) is 59.1 Å². The second-order valence-corrected chi connectivity index (χ2v) is 7.70. The fourth-order valence-electron chi connectivity index (χ4n) is 2.33. The standard InChI is InChI=1S/C16H10N2O8S2.2Na/c19-9-17-15(11-5-1-3-7-13(11)27(21,22)23)16(18-10-20)12-6-2-4-8-14(12)28(24,25)26;;/h1-8H,(H,21,22,23)(H,24,25,26);;/q;2*+1/p-2. The summed E-state index contributed by atoms with van der Waals surface area (Å²) in [6.45, 7) is 0. The molecule has 14 heteroatoms. The molecule has 2 aromatic rings. The Labute approximate surface area is 215 Å². The molecule has 144 valence electrons. The summed E-state index contributed by atoms with van der Waals surface area (Å²) in [5.74, 6) is 0. The summed E-state index contributed by atoms with van der Waals surface area (Å²) in [4.78, 5) is 26.7. The molecule has 0 aliphatic rings. The van der Waals surface area contributed by atoms with Gasteiger partial charge in [-0.1, -0.05) is 36.4 Å². The van der Waals surface area contributed by atoms with Gasteiger partial charge in [-0.3, -0.25) is 0 Å². The van der Waals surface area contributed by atoms with Crippen LogP contribution >= 0.6 is 0 Å².